The second-order valence-corrected chi connectivity index (χ2v) is 3.68. The number of carboxylic acid groups (broad SMARTS) is 1. The predicted octanol–water partition coefficient (Wildman–Crippen LogP) is 0.103. The van der Waals surface area contributed by atoms with Crippen molar-refractivity contribution in [2.45, 2.75) is 6.54 Å². The van der Waals surface area contributed by atoms with Gasteiger partial charge in [-0.3, -0.25) is 0 Å². The maximum Gasteiger partial charge on any atom is 0.337 e. The number of aromatic carboxylic acids is 1. The van der Waals surface area contributed by atoms with Gasteiger partial charge in [0, 0.05) is 13.2 Å². The van der Waals surface area contributed by atoms with Crippen molar-refractivity contribution in [2.24, 2.45) is 7.05 Å². The van der Waals surface area contributed by atoms with Gasteiger partial charge in [0.2, 0.25) is 0 Å². The maximum absolute atomic E-state index is 10.7. The minimum Gasteiger partial charge on any atom is -0.478 e. The van der Waals surface area contributed by atoms with E-state index in [9.17, 15) is 4.79 Å². The molecule has 0 bridgehead atoms. The number of carbonyl (C=O) groups is 1. The van der Waals surface area contributed by atoms with Gasteiger partial charge in [-0.25, -0.2) is 9.78 Å². The molecule has 0 fully saturated rings. The lowest BCUT2D eigenvalue weighted by atomic mass is 10.2. The molecule has 2 rings (SSSR count). The third-order valence-electron chi connectivity index (χ3n) is 2.38. The van der Waals surface area contributed by atoms with Crippen molar-refractivity contribution in [3.05, 3.63) is 30.0 Å². The Labute approximate surface area is 102 Å². The first kappa shape index (κ1) is 11.8. The molecule has 0 saturated heterocycles. The van der Waals surface area contributed by atoms with Crippen molar-refractivity contribution < 1.29 is 9.90 Å². The summed E-state index contributed by atoms with van der Waals surface area (Å²) in [5, 5.41) is 19.4. The summed E-state index contributed by atoms with van der Waals surface area (Å²) < 4.78 is 1.76. The number of nitrogen functional groups attached to an aromatic ring is 1. The number of nitrogens with one attached hydrogen (secondary N) is 1. The highest BCUT2D eigenvalue weighted by atomic mass is 16.4. The van der Waals surface area contributed by atoms with Gasteiger partial charge < -0.3 is 20.7 Å². The van der Waals surface area contributed by atoms with E-state index in [-0.39, 0.29) is 11.3 Å². The Morgan fingerprint density at radius 1 is 1.61 bits per heavy atom. The van der Waals surface area contributed by atoms with E-state index in [1.54, 1.807) is 10.9 Å². The third kappa shape index (κ3) is 2.37. The smallest absolute Gasteiger partial charge is 0.337 e. The van der Waals surface area contributed by atoms with Crippen molar-refractivity contribution in [3.63, 3.8) is 0 Å². The molecule has 0 amide bonds. The fourth-order valence-electron chi connectivity index (χ4n) is 1.38. The van der Waals surface area contributed by atoms with Crippen LogP contribution in [0.15, 0.2) is 18.6 Å². The van der Waals surface area contributed by atoms with Crippen LogP contribution in [0.25, 0.3) is 0 Å². The van der Waals surface area contributed by atoms with E-state index >= 15 is 0 Å². The summed E-state index contributed by atoms with van der Waals surface area (Å²) in [7, 11) is 1.82. The zero-order valence-electron chi connectivity index (χ0n) is 9.66. The number of hydrogen-bond donors (Lipinski definition) is 3. The minimum absolute atomic E-state index is 0.0525. The van der Waals surface area contributed by atoms with Crippen molar-refractivity contribution in [1.29, 1.82) is 0 Å². The normalized spacial score (nSPS) is 10.3. The first-order chi connectivity index (χ1) is 8.58. The largest absolute Gasteiger partial charge is 0.478 e. The molecule has 8 nitrogen and oxygen atoms in total. The zero-order valence-corrected chi connectivity index (χ0v) is 9.66. The van der Waals surface area contributed by atoms with Crippen LogP contribution >= 0.6 is 0 Å². The van der Waals surface area contributed by atoms with Crippen LogP contribution in [0.3, 0.4) is 0 Å². The van der Waals surface area contributed by atoms with E-state index in [1.165, 1.54) is 12.3 Å². The molecule has 0 aliphatic rings. The number of aryl methyl sites for hydroxylation is 1. The molecular weight excluding hydrogens is 236 g/mol. The molecule has 8 heteroatoms. The molecule has 0 spiro atoms. The quantitative estimate of drug-likeness (QED) is 0.702. The van der Waals surface area contributed by atoms with Crippen molar-refractivity contribution in [1.82, 2.24) is 19.7 Å². The first-order valence-electron chi connectivity index (χ1n) is 5.13. The lowest BCUT2D eigenvalue weighted by molar-refractivity contribution is 0.0696. The molecule has 0 saturated carbocycles. The van der Waals surface area contributed by atoms with Gasteiger partial charge in [0.05, 0.1) is 17.8 Å². The number of hydrogen-bond acceptors (Lipinski definition) is 6. The fourth-order valence-corrected chi connectivity index (χ4v) is 1.38. The number of rotatable bonds is 4. The van der Waals surface area contributed by atoms with Gasteiger partial charge in [0.1, 0.15) is 12.1 Å². The van der Waals surface area contributed by atoms with Gasteiger partial charge in [-0.2, -0.15) is 0 Å². The maximum atomic E-state index is 10.7. The molecule has 0 radical (unpaired) electrons. The Morgan fingerprint density at radius 2 is 2.39 bits per heavy atom. The second kappa shape index (κ2) is 4.70. The minimum atomic E-state index is -1.06. The summed E-state index contributed by atoms with van der Waals surface area (Å²) in [4.78, 5) is 14.7. The van der Waals surface area contributed by atoms with Gasteiger partial charge in [-0.15, -0.1) is 10.2 Å². The number of aromatic nitrogens is 4. The summed E-state index contributed by atoms with van der Waals surface area (Å²) in [6.07, 6.45) is 2.83. The van der Waals surface area contributed by atoms with Crippen LogP contribution in [0.4, 0.5) is 11.5 Å². The summed E-state index contributed by atoms with van der Waals surface area (Å²) in [5.41, 5.74) is 6.03. The Bertz CT molecular complexity index is 579. The number of nitrogens with zero attached hydrogens (tertiary/aromatic N) is 4. The molecule has 4 N–H and O–H groups in total. The molecular formula is C10H12N6O2. The summed E-state index contributed by atoms with van der Waals surface area (Å²) >= 11 is 0. The Kier molecular flexibility index (Phi) is 3.09. The SMILES string of the molecule is Cn1cnnc1CNc1ncc(C(=O)O)cc1N. The molecule has 2 aromatic heterocycles. The number of nitrogens with two attached hydrogens (primary N) is 1. The zero-order chi connectivity index (χ0) is 13.1. The first-order valence-corrected chi connectivity index (χ1v) is 5.13. The lowest BCUT2D eigenvalue weighted by Crippen LogP contribution is -2.09. The van der Waals surface area contributed by atoms with Gasteiger partial charge in [0.25, 0.3) is 0 Å². The molecule has 18 heavy (non-hydrogen) atoms. The Morgan fingerprint density at radius 3 is 2.94 bits per heavy atom. The van der Waals surface area contributed by atoms with E-state index in [0.29, 0.717) is 12.4 Å². The highest BCUT2D eigenvalue weighted by molar-refractivity contribution is 5.89. The van der Waals surface area contributed by atoms with Crippen LogP contribution in [-0.4, -0.2) is 30.8 Å². The second-order valence-electron chi connectivity index (χ2n) is 3.68. The fraction of sp³-hybridized carbons (Fsp3) is 0.200. The standard InChI is InChI=1S/C10H12N6O2/c1-16-5-14-15-8(16)4-13-9-7(11)2-6(3-12-9)10(17)18/h2-3,5H,4,11H2,1H3,(H,12,13)(H,17,18). The van der Waals surface area contributed by atoms with Gasteiger partial charge in [0.15, 0.2) is 5.82 Å². The number of anilines is 2. The van der Waals surface area contributed by atoms with Crippen LogP contribution < -0.4 is 11.1 Å². The average Bonchev–Trinajstić information content (AvgIpc) is 2.73. The van der Waals surface area contributed by atoms with Gasteiger partial charge in [-0.1, -0.05) is 0 Å². The monoisotopic (exact) mass is 248 g/mol. The highest BCUT2D eigenvalue weighted by Gasteiger charge is 2.08. The van der Waals surface area contributed by atoms with Crippen LogP contribution in [0.5, 0.6) is 0 Å². The molecule has 0 atom stereocenters. The summed E-state index contributed by atoms with van der Waals surface area (Å²) in [5.74, 6) is 0.0792. The molecule has 0 aliphatic carbocycles. The van der Waals surface area contributed by atoms with E-state index < -0.39 is 5.97 Å². The lowest BCUT2D eigenvalue weighted by Gasteiger charge is -2.08. The van der Waals surface area contributed by atoms with E-state index in [4.69, 9.17) is 10.8 Å². The third-order valence-corrected chi connectivity index (χ3v) is 2.38. The number of carboxylic acids is 1. The van der Waals surface area contributed by atoms with Crippen LogP contribution in [0.1, 0.15) is 16.2 Å². The van der Waals surface area contributed by atoms with Crippen LogP contribution in [-0.2, 0) is 13.6 Å². The highest BCUT2D eigenvalue weighted by Crippen LogP contribution is 2.16. The Hall–Kier alpha value is -2.64. The van der Waals surface area contributed by atoms with E-state index in [0.717, 1.165) is 5.82 Å². The number of pyridine rings is 1. The van der Waals surface area contributed by atoms with Crippen LogP contribution in [0.2, 0.25) is 0 Å². The molecule has 2 aromatic rings. The summed E-state index contributed by atoms with van der Waals surface area (Å²) in [6, 6.07) is 1.36. The average molecular weight is 248 g/mol. The van der Waals surface area contributed by atoms with Crippen molar-refractivity contribution in [3.8, 4) is 0 Å². The molecule has 0 aromatic carbocycles. The molecule has 0 aliphatic heterocycles. The van der Waals surface area contributed by atoms with E-state index in [1.807, 2.05) is 7.05 Å². The topological polar surface area (TPSA) is 119 Å². The molecule has 94 valence electrons. The summed E-state index contributed by atoms with van der Waals surface area (Å²) in [6.45, 7) is 0.403. The van der Waals surface area contributed by atoms with Gasteiger partial charge in [-0.05, 0) is 6.07 Å². The molecule has 2 heterocycles. The van der Waals surface area contributed by atoms with Gasteiger partial charge >= 0.3 is 5.97 Å². The Balaban J connectivity index is 2.11. The molecule has 0 unspecified atom stereocenters. The van der Waals surface area contributed by atoms with Crippen LogP contribution in [0, 0.1) is 0 Å². The predicted molar refractivity (Wildman–Crippen MR) is 63.9 cm³/mol. The van der Waals surface area contributed by atoms with Crippen molar-refractivity contribution >= 4 is 17.5 Å². The van der Waals surface area contributed by atoms with Crippen molar-refractivity contribution in [2.75, 3.05) is 11.1 Å². The van der Waals surface area contributed by atoms with E-state index in [2.05, 4.69) is 20.5 Å².